The standard InChI is InChI=1S/C13H15ClN2O3/c14-9-4-3-5-10(8-9)15-12(19)16-13(11(17)18)6-1-2-7-13/h3-5,8H,1-2,6-7H2,(H,17,18)(H2,15,16,19). The van der Waals surface area contributed by atoms with Gasteiger partial charge in [-0.3, -0.25) is 0 Å². The third-order valence-corrected chi connectivity index (χ3v) is 3.54. The first-order chi connectivity index (χ1) is 9.02. The summed E-state index contributed by atoms with van der Waals surface area (Å²) >= 11 is 5.81. The van der Waals surface area contributed by atoms with E-state index in [0.29, 0.717) is 23.6 Å². The average molecular weight is 283 g/mol. The number of aliphatic carboxylic acids is 1. The van der Waals surface area contributed by atoms with Crippen molar-refractivity contribution in [2.75, 3.05) is 5.32 Å². The van der Waals surface area contributed by atoms with Gasteiger partial charge in [0.1, 0.15) is 5.54 Å². The first-order valence-corrected chi connectivity index (χ1v) is 6.48. The van der Waals surface area contributed by atoms with Crippen LogP contribution in [0.1, 0.15) is 25.7 Å². The Balaban J connectivity index is 2.02. The van der Waals surface area contributed by atoms with Crippen molar-refractivity contribution < 1.29 is 14.7 Å². The number of amides is 2. The topological polar surface area (TPSA) is 78.4 Å². The molecule has 102 valence electrons. The summed E-state index contributed by atoms with van der Waals surface area (Å²) in [6, 6.07) is 6.17. The summed E-state index contributed by atoms with van der Waals surface area (Å²) < 4.78 is 0. The number of hydrogen-bond donors (Lipinski definition) is 3. The number of halogens is 1. The molecule has 3 N–H and O–H groups in total. The number of carbonyl (C=O) groups is 2. The van der Waals surface area contributed by atoms with E-state index in [2.05, 4.69) is 10.6 Å². The van der Waals surface area contributed by atoms with E-state index in [1.807, 2.05) is 0 Å². The molecule has 0 unspecified atom stereocenters. The van der Waals surface area contributed by atoms with E-state index in [1.54, 1.807) is 24.3 Å². The summed E-state index contributed by atoms with van der Waals surface area (Å²) in [6.07, 6.45) is 2.55. The Hall–Kier alpha value is -1.75. The Bertz CT molecular complexity index is 498. The van der Waals surface area contributed by atoms with Crippen LogP contribution in [0.25, 0.3) is 0 Å². The number of anilines is 1. The minimum atomic E-state index is -1.14. The number of nitrogens with one attached hydrogen (secondary N) is 2. The number of carboxylic acids is 1. The van der Waals surface area contributed by atoms with Crippen LogP contribution in [-0.2, 0) is 4.79 Å². The van der Waals surface area contributed by atoms with Gasteiger partial charge in [0.2, 0.25) is 0 Å². The number of benzene rings is 1. The van der Waals surface area contributed by atoms with Gasteiger partial charge in [0.15, 0.2) is 0 Å². The minimum absolute atomic E-state index is 0.464. The van der Waals surface area contributed by atoms with Gasteiger partial charge in [-0.15, -0.1) is 0 Å². The largest absolute Gasteiger partial charge is 0.480 e. The van der Waals surface area contributed by atoms with E-state index >= 15 is 0 Å². The van der Waals surface area contributed by atoms with Crippen LogP contribution in [0.4, 0.5) is 10.5 Å². The second kappa shape index (κ2) is 5.48. The van der Waals surface area contributed by atoms with Gasteiger partial charge in [0.05, 0.1) is 0 Å². The first-order valence-electron chi connectivity index (χ1n) is 6.10. The fourth-order valence-corrected chi connectivity index (χ4v) is 2.51. The van der Waals surface area contributed by atoms with Gasteiger partial charge >= 0.3 is 12.0 Å². The summed E-state index contributed by atoms with van der Waals surface area (Å²) in [6.45, 7) is 0. The maximum absolute atomic E-state index is 11.9. The number of carbonyl (C=O) groups excluding carboxylic acids is 1. The second-order valence-corrected chi connectivity index (χ2v) is 5.12. The highest BCUT2D eigenvalue weighted by Gasteiger charge is 2.42. The molecule has 1 aromatic carbocycles. The van der Waals surface area contributed by atoms with Crippen molar-refractivity contribution in [3.8, 4) is 0 Å². The first kappa shape index (κ1) is 13.7. The molecule has 6 heteroatoms. The molecule has 0 heterocycles. The number of rotatable bonds is 3. The summed E-state index contributed by atoms with van der Waals surface area (Å²) in [5.74, 6) is -0.980. The fraction of sp³-hybridized carbons (Fsp3) is 0.385. The van der Waals surface area contributed by atoms with Gasteiger partial charge in [-0.2, -0.15) is 0 Å². The molecule has 2 rings (SSSR count). The Morgan fingerprint density at radius 1 is 1.26 bits per heavy atom. The highest BCUT2D eigenvalue weighted by molar-refractivity contribution is 6.30. The second-order valence-electron chi connectivity index (χ2n) is 4.68. The van der Waals surface area contributed by atoms with Crippen LogP contribution in [0.2, 0.25) is 5.02 Å². The summed E-state index contributed by atoms with van der Waals surface area (Å²) in [7, 11) is 0. The van der Waals surface area contributed by atoms with Crippen molar-refractivity contribution >= 4 is 29.3 Å². The number of carboxylic acid groups (broad SMARTS) is 1. The molecule has 2 amide bonds. The highest BCUT2D eigenvalue weighted by Crippen LogP contribution is 2.30. The molecule has 0 spiro atoms. The Morgan fingerprint density at radius 3 is 2.53 bits per heavy atom. The molecule has 1 saturated carbocycles. The molecular weight excluding hydrogens is 268 g/mol. The zero-order valence-corrected chi connectivity index (χ0v) is 11.0. The van der Waals surface area contributed by atoms with Gasteiger partial charge < -0.3 is 15.7 Å². The van der Waals surface area contributed by atoms with Gasteiger partial charge in [-0.25, -0.2) is 9.59 Å². The van der Waals surface area contributed by atoms with Crippen molar-refractivity contribution in [3.05, 3.63) is 29.3 Å². The average Bonchev–Trinajstić information content (AvgIpc) is 2.78. The molecule has 5 nitrogen and oxygen atoms in total. The molecule has 19 heavy (non-hydrogen) atoms. The van der Waals surface area contributed by atoms with Crippen molar-refractivity contribution in [1.82, 2.24) is 5.32 Å². The zero-order valence-electron chi connectivity index (χ0n) is 10.3. The van der Waals surface area contributed by atoms with Crippen LogP contribution < -0.4 is 10.6 Å². The normalized spacial score (nSPS) is 16.9. The predicted octanol–water partition coefficient (Wildman–Crippen LogP) is 2.86. The molecule has 0 aromatic heterocycles. The predicted molar refractivity (Wildman–Crippen MR) is 72.4 cm³/mol. The lowest BCUT2D eigenvalue weighted by Crippen LogP contribution is -2.53. The van der Waals surface area contributed by atoms with Gasteiger partial charge in [0.25, 0.3) is 0 Å². The Labute approximate surface area is 116 Å². The van der Waals surface area contributed by atoms with Crippen molar-refractivity contribution in [3.63, 3.8) is 0 Å². The summed E-state index contributed by atoms with van der Waals surface area (Å²) in [5, 5.41) is 14.9. The molecule has 1 aliphatic carbocycles. The van der Waals surface area contributed by atoms with Gasteiger partial charge in [0, 0.05) is 10.7 Å². The smallest absolute Gasteiger partial charge is 0.329 e. The molecular formula is C13H15ClN2O3. The van der Waals surface area contributed by atoms with E-state index < -0.39 is 17.5 Å². The number of urea groups is 1. The maximum atomic E-state index is 11.9. The van der Waals surface area contributed by atoms with Crippen LogP contribution >= 0.6 is 11.6 Å². The third-order valence-electron chi connectivity index (χ3n) is 3.30. The zero-order chi connectivity index (χ0) is 13.9. The number of hydrogen-bond acceptors (Lipinski definition) is 2. The summed E-state index contributed by atoms with van der Waals surface area (Å²) in [5.41, 5.74) is -0.605. The molecule has 0 radical (unpaired) electrons. The molecule has 0 bridgehead atoms. The quantitative estimate of drug-likeness (QED) is 0.797. The van der Waals surface area contributed by atoms with Crippen LogP contribution in [0.3, 0.4) is 0 Å². The van der Waals surface area contributed by atoms with Gasteiger partial charge in [-0.1, -0.05) is 30.5 Å². The molecule has 1 aromatic rings. The van der Waals surface area contributed by atoms with Crippen LogP contribution in [-0.4, -0.2) is 22.6 Å². The van der Waals surface area contributed by atoms with Crippen LogP contribution in [0, 0.1) is 0 Å². The van der Waals surface area contributed by atoms with Crippen molar-refractivity contribution in [2.45, 2.75) is 31.2 Å². The van der Waals surface area contributed by atoms with Gasteiger partial charge in [-0.05, 0) is 31.0 Å². The Morgan fingerprint density at radius 2 is 1.95 bits per heavy atom. The maximum Gasteiger partial charge on any atom is 0.329 e. The van der Waals surface area contributed by atoms with E-state index in [9.17, 15) is 14.7 Å². The van der Waals surface area contributed by atoms with Crippen molar-refractivity contribution in [2.24, 2.45) is 0 Å². The monoisotopic (exact) mass is 282 g/mol. The summed E-state index contributed by atoms with van der Waals surface area (Å²) in [4.78, 5) is 23.2. The molecule has 1 aliphatic rings. The lowest BCUT2D eigenvalue weighted by molar-refractivity contribution is -0.144. The lowest BCUT2D eigenvalue weighted by atomic mass is 9.98. The molecule has 0 aliphatic heterocycles. The van der Waals surface area contributed by atoms with E-state index in [0.717, 1.165) is 12.8 Å². The Kier molecular flexibility index (Phi) is 3.95. The highest BCUT2D eigenvalue weighted by atomic mass is 35.5. The van der Waals surface area contributed by atoms with Crippen LogP contribution in [0.5, 0.6) is 0 Å². The van der Waals surface area contributed by atoms with Crippen molar-refractivity contribution in [1.29, 1.82) is 0 Å². The molecule has 1 fully saturated rings. The SMILES string of the molecule is O=C(Nc1cccc(Cl)c1)NC1(C(=O)O)CCCC1. The van der Waals surface area contributed by atoms with E-state index in [1.165, 1.54) is 0 Å². The lowest BCUT2D eigenvalue weighted by Gasteiger charge is -2.25. The van der Waals surface area contributed by atoms with Crippen LogP contribution in [0.15, 0.2) is 24.3 Å². The minimum Gasteiger partial charge on any atom is -0.480 e. The fourth-order valence-electron chi connectivity index (χ4n) is 2.32. The third kappa shape index (κ3) is 3.17. The molecule has 0 atom stereocenters. The van der Waals surface area contributed by atoms with E-state index in [4.69, 9.17) is 11.6 Å². The van der Waals surface area contributed by atoms with E-state index in [-0.39, 0.29) is 0 Å². The molecule has 0 saturated heterocycles.